The van der Waals surface area contributed by atoms with E-state index in [0.717, 1.165) is 49.0 Å². The maximum Gasteiger partial charge on any atom is 0.243 e. The van der Waals surface area contributed by atoms with Gasteiger partial charge in [-0.25, -0.2) is 8.42 Å². The number of ether oxygens (including phenoxy) is 3. The van der Waals surface area contributed by atoms with Gasteiger partial charge in [0, 0.05) is 24.2 Å². The van der Waals surface area contributed by atoms with Crippen molar-refractivity contribution < 1.29 is 22.6 Å². The molecule has 0 amide bonds. The first kappa shape index (κ1) is 23.6. The first-order chi connectivity index (χ1) is 15.7. The lowest BCUT2D eigenvalue weighted by Crippen LogP contribution is -2.41. The van der Waals surface area contributed by atoms with Crippen molar-refractivity contribution in [3.8, 4) is 17.2 Å². The summed E-state index contributed by atoms with van der Waals surface area (Å²) < 4.78 is 46.1. The van der Waals surface area contributed by atoms with Crippen molar-refractivity contribution in [1.82, 2.24) is 4.31 Å². The van der Waals surface area contributed by atoms with Crippen LogP contribution in [-0.4, -0.2) is 38.6 Å². The smallest absolute Gasteiger partial charge is 0.243 e. The molecule has 2 aromatic rings. The maximum atomic E-state index is 13.9. The van der Waals surface area contributed by atoms with Gasteiger partial charge in [0.15, 0.2) is 11.5 Å². The molecule has 33 heavy (non-hydrogen) atoms. The lowest BCUT2D eigenvalue weighted by atomic mass is 9.95. The van der Waals surface area contributed by atoms with Crippen molar-refractivity contribution in [3.05, 3.63) is 53.6 Å². The Morgan fingerprint density at radius 1 is 1.00 bits per heavy atom. The number of hydrogen-bond donors (Lipinski definition) is 0. The Kier molecular flexibility index (Phi) is 6.73. The Morgan fingerprint density at radius 2 is 1.73 bits per heavy atom. The molecule has 1 fully saturated rings. The Morgan fingerprint density at radius 3 is 2.42 bits per heavy atom. The van der Waals surface area contributed by atoms with E-state index in [0.29, 0.717) is 18.0 Å². The normalized spacial score (nSPS) is 18.0. The van der Waals surface area contributed by atoms with Gasteiger partial charge in [-0.1, -0.05) is 31.4 Å². The van der Waals surface area contributed by atoms with Crippen LogP contribution in [0.3, 0.4) is 0 Å². The van der Waals surface area contributed by atoms with Crippen molar-refractivity contribution in [2.45, 2.75) is 69.0 Å². The SMILES string of the molecule is COc1ccc(S(=O)(=O)N(Cc2ccc3c(c2)C=CC(C)(C)O3)C2CCCCC2)cc1OC. The summed E-state index contributed by atoms with van der Waals surface area (Å²) in [5.74, 6) is 1.73. The highest BCUT2D eigenvalue weighted by Crippen LogP contribution is 2.36. The fourth-order valence-corrected chi connectivity index (χ4v) is 6.29. The monoisotopic (exact) mass is 471 g/mol. The number of rotatable bonds is 7. The Bertz CT molecular complexity index is 1130. The topological polar surface area (TPSA) is 65.1 Å². The van der Waals surface area contributed by atoms with Crippen LogP contribution >= 0.6 is 0 Å². The van der Waals surface area contributed by atoms with Gasteiger partial charge in [0.1, 0.15) is 11.4 Å². The third-order valence-electron chi connectivity index (χ3n) is 6.39. The predicted molar refractivity (Wildman–Crippen MR) is 129 cm³/mol. The van der Waals surface area contributed by atoms with Crippen LogP contribution in [0.15, 0.2) is 47.4 Å². The summed E-state index contributed by atoms with van der Waals surface area (Å²) in [7, 11) is -0.699. The fraction of sp³-hybridized carbons (Fsp3) is 0.462. The van der Waals surface area contributed by atoms with Gasteiger partial charge in [-0.2, -0.15) is 4.31 Å². The summed E-state index contributed by atoms with van der Waals surface area (Å²) in [5, 5.41) is 0. The fourth-order valence-electron chi connectivity index (χ4n) is 4.60. The van der Waals surface area contributed by atoms with E-state index in [-0.39, 0.29) is 16.5 Å². The molecule has 2 aliphatic rings. The van der Waals surface area contributed by atoms with E-state index < -0.39 is 10.0 Å². The molecular formula is C26H33NO5S. The van der Waals surface area contributed by atoms with Gasteiger partial charge in [-0.3, -0.25) is 0 Å². The molecule has 1 aliphatic carbocycles. The minimum Gasteiger partial charge on any atom is -0.493 e. The highest BCUT2D eigenvalue weighted by atomic mass is 32.2. The summed E-state index contributed by atoms with van der Waals surface area (Å²) in [4.78, 5) is 0.216. The van der Waals surface area contributed by atoms with Crippen molar-refractivity contribution in [1.29, 1.82) is 0 Å². The van der Waals surface area contributed by atoms with Crippen molar-refractivity contribution in [2.24, 2.45) is 0 Å². The molecule has 1 saturated carbocycles. The lowest BCUT2D eigenvalue weighted by Gasteiger charge is -2.34. The second-order valence-electron chi connectivity index (χ2n) is 9.27. The van der Waals surface area contributed by atoms with Crippen LogP contribution < -0.4 is 14.2 Å². The van der Waals surface area contributed by atoms with Crippen molar-refractivity contribution in [3.63, 3.8) is 0 Å². The molecule has 2 aromatic carbocycles. The first-order valence-corrected chi connectivity index (χ1v) is 12.9. The molecule has 0 spiro atoms. The van der Waals surface area contributed by atoms with Crippen LogP contribution in [0.25, 0.3) is 6.08 Å². The molecule has 0 unspecified atom stereocenters. The van der Waals surface area contributed by atoms with Crippen molar-refractivity contribution >= 4 is 16.1 Å². The molecule has 7 heteroatoms. The standard InChI is InChI=1S/C26H33NO5S/c1-26(2)15-14-20-16-19(10-12-23(20)32-26)18-27(21-8-6-5-7-9-21)33(28,29)22-11-13-24(30-3)25(17-22)31-4/h10-17,21H,5-9,18H2,1-4H3. The van der Waals surface area contributed by atoms with Crippen molar-refractivity contribution in [2.75, 3.05) is 14.2 Å². The van der Waals surface area contributed by atoms with Gasteiger partial charge in [0.2, 0.25) is 10.0 Å². The lowest BCUT2D eigenvalue weighted by molar-refractivity contribution is 0.159. The summed E-state index contributed by atoms with van der Waals surface area (Å²) in [6, 6.07) is 10.7. The molecule has 1 aliphatic heterocycles. The van der Waals surface area contributed by atoms with Crippen LogP contribution in [0.2, 0.25) is 0 Å². The molecule has 0 atom stereocenters. The van der Waals surface area contributed by atoms with Gasteiger partial charge in [-0.15, -0.1) is 0 Å². The molecule has 0 aromatic heterocycles. The second-order valence-corrected chi connectivity index (χ2v) is 11.2. The molecule has 1 heterocycles. The zero-order valence-electron chi connectivity index (χ0n) is 19.8. The van der Waals surface area contributed by atoms with Crippen LogP contribution in [-0.2, 0) is 16.6 Å². The van der Waals surface area contributed by atoms with E-state index in [1.165, 1.54) is 14.2 Å². The Hall–Kier alpha value is -2.51. The Labute approximate surface area is 197 Å². The van der Waals surface area contributed by atoms with Gasteiger partial charge in [0.25, 0.3) is 0 Å². The number of methoxy groups -OCH3 is 2. The third kappa shape index (κ3) is 5.04. The number of benzene rings is 2. The number of nitrogens with zero attached hydrogens (tertiary/aromatic N) is 1. The molecule has 178 valence electrons. The second kappa shape index (κ2) is 9.39. The molecule has 0 radical (unpaired) electrons. The van der Waals surface area contributed by atoms with Gasteiger partial charge in [0.05, 0.1) is 19.1 Å². The van der Waals surface area contributed by atoms with E-state index in [9.17, 15) is 8.42 Å². The molecule has 0 N–H and O–H groups in total. The minimum atomic E-state index is -3.75. The number of hydrogen-bond acceptors (Lipinski definition) is 5. The summed E-state index contributed by atoms with van der Waals surface area (Å²) in [6.07, 6.45) is 9.05. The summed E-state index contributed by atoms with van der Waals surface area (Å²) in [5.41, 5.74) is 1.56. The van der Waals surface area contributed by atoms with E-state index in [1.807, 2.05) is 38.1 Å². The molecular weight excluding hydrogens is 438 g/mol. The van der Waals surface area contributed by atoms with Crippen LogP contribution in [0.4, 0.5) is 0 Å². The largest absolute Gasteiger partial charge is 0.493 e. The molecule has 4 rings (SSSR count). The number of sulfonamides is 1. The zero-order chi connectivity index (χ0) is 23.6. The van der Waals surface area contributed by atoms with Crippen LogP contribution in [0.1, 0.15) is 57.1 Å². The summed E-state index contributed by atoms with van der Waals surface area (Å²) >= 11 is 0. The first-order valence-electron chi connectivity index (χ1n) is 11.5. The van der Waals surface area contributed by atoms with Crippen LogP contribution in [0.5, 0.6) is 17.2 Å². The van der Waals surface area contributed by atoms with Gasteiger partial charge >= 0.3 is 0 Å². The van der Waals surface area contributed by atoms with E-state index in [2.05, 4.69) is 6.08 Å². The van der Waals surface area contributed by atoms with Gasteiger partial charge < -0.3 is 14.2 Å². The zero-order valence-corrected chi connectivity index (χ0v) is 20.7. The van der Waals surface area contributed by atoms with Gasteiger partial charge in [-0.05, 0) is 62.6 Å². The van der Waals surface area contributed by atoms with Crippen LogP contribution in [0, 0.1) is 0 Å². The third-order valence-corrected chi connectivity index (χ3v) is 8.29. The molecule has 0 bridgehead atoms. The molecule has 0 saturated heterocycles. The maximum absolute atomic E-state index is 13.9. The Balaban J connectivity index is 1.69. The highest BCUT2D eigenvalue weighted by molar-refractivity contribution is 7.89. The molecule has 6 nitrogen and oxygen atoms in total. The van der Waals surface area contributed by atoms with E-state index in [1.54, 1.807) is 22.5 Å². The average Bonchev–Trinajstić information content (AvgIpc) is 2.82. The summed E-state index contributed by atoms with van der Waals surface area (Å²) in [6.45, 7) is 4.34. The van der Waals surface area contributed by atoms with E-state index >= 15 is 0 Å². The quantitative estimate of drug-likeness (QED) is 0.540. The van der Waals surface area contributed by atoms with E-state index in [4.69, 9.17) is 14.2 Å². The predicted octanol–water partition coefficient (Wildman–Crippen LogP) is 5.41. The highest BCUT2D eigenvalue weighted by Gasteiger charge is 2.33. The average molecular weight is 472 g/mol. The number of fused-ring (bicyclic) bond motifs is 1. The minimum absolute atomic E-state index is 0.0291.